The molecule has 1 saturated carbocycles. The second kappa shape index (κ2) is 5.52. The fraction of sp³-hybridized carbons (Fsp3) is 0.846. The van der Waals surface area contributed by atoms with Crippen LogP contribution < -0.4 is 0 Å². The molecule has 1 atom stereocenters. The van der Waals surface area contributed by atoms with Gasteiger partial charge < -0.3 is 10.0 Å². The minimum Gasteiger partial charge on any atom is -0.480 e. The summed E-state index contributed by atoms with van der Waals surface area (Å²) in [7, 11) is 0. The van der Waals surface area contributed by atoms with Crippen LogP contribution in [-0.2, 0) is 9.59 Å². The van der Waals surface area contributed by atoms with Crippen molar-refractivity contribution in [3.63, 3.8) is 0 Å². The Morgan fingerprint density at radius 2 is 1.82 bits per heavy atom. The zero-order chi connectivity index (χ0) is 12.3. The molecule has 0 aromatic carbocycles. The molecule has 1 saturated heterocycles. The van der Waals surface area contributed by atoms with Gasteiger partial charge in [0.15, 0.2) is 0 Å². The van der Waals surface area contributed by atoms with Crippen molar-refractivity contribution in [2.24, 2.45) is 5.92 Å². The molecule has 0 aromatic heterocycles. The summed E-state index contributed by atoms with van der Waals surface area (Å²) in [6.45, 7) is 0.663. The number of carbonyl (C=O) groups excluding carboxylic acids is 1. The van der Waals surface area contributed by atoms with Gasteiger partial charge >= 0.3 is 5.97 Å². The molecule has 1 aliphatic heterocycles. The van der Waals surface area contributed by atoms with E-state index in [4.69, 9.17) is 5.11 Å². The van der Waals surface area contributed by atoms with Crippen LogP contribution in [0.3, 0.4) is 0 Å². The number of hydrogen-bond donors (Lipinski definition) is 1. The van der Waals surface area contributed by atoms with Crippen LogP contribution in [0, 0.1) is 5.92 Å². The van der Waals surface area contributed by atoms with E-state index in [1.165, 1.54) is 25.7 Å². The Morgan fingerprint density at radius 1 is 1.18 bits per heavy atom. The van der Waals surface area contributed by atoms with E-state index < -0.39 is 12.0 Å². The molecule has 1 heterocycles. The van der Waals surface area contributed by atoms with Crippen LogP contribution in [0.15, 0.2) is 0 Å². The largest absolute Gasteiger partial charge is 0.480 e. The standard InChI is InChI=1S/C13H21NO3/c15-12-8-7-11(13(16)17)14(12)9-10-5-3-1-2-4-6-10/h10-11H,1-9H2,(H,16,17). The lowest BCUT2D eigenvalue weighted by Crippen LogP contribution is -2.41. The molecule has 17 heavy (non-hydrogen) atoms. The number of aliphatic carboxylic acids is 1. The van der Waals surface area contributed by atoms with Crippen LogP contribution >= 0.6 is 0 Å². The molecule has 4 heteroatoms. The quantitative estimate of drug-likeness (QED) is 0.767. The van der Waals surface area contributed by atoms with Crippen LogP contribution in [0.2, 0.25) is 0 Å². The van der Waals surface area contributed by atoms with E-state index in [1.807, 2.05) is 0 Å². The Kier molecular flexibility index (Phi) is 4.02. The Labute approximate surface area is 102 Å². The summed E-state index contributed by atoms with van der Waals surface area (Å²) >= 11 is 0. The van der Waals surface area contributed by atoms with E-state index in [0.717, 1.165) is 12.8 Å². The summed E-state index contributed by atoms with van der Waals surface area (Å²) in [5.41, 5.74) is 0. The summed E-state index contributed by atoms with van der Waals surface area (Å²) < 4.78 is 0. The van der Waals surface area contributed by atoms with Gasteiger partial charge in [-0.2, -0.15) is 0 Å². The van der Waals surface area contributed by atoms with E-state index in [-0.39, 0.29) is 5.91 Å². The third-order valence-electron chi connectivity index (χ3n) is 4.04. The van der Waals surface area contributed by atoms with Crippen molar-refractivity contribution in [3.05, 3.63) is 0 Å². The van der Waals surface area contributed by atoms with Crippen LogP contribution in [0.25, 0.3) is 0 Å². The van der Waals surface area contributed by atoms with Crippen molar-refractivity contribution in [2.45, 2.75) is 57.4 Å². The molecule has 2 fully saturated rings. The fourth-order valence-corrected chi connectivity index (χ4v) is 3.04. The first-order chi connectivity index (χ1) is 8.18. The second-order valence-electron chi connectivity index (χ2n) is 5.30. The molecule has 2 aliphatic rings. The number of hydrogen-bond acceptors (Lipinski definition) is 2. The molecule has 0 bridgehead atoms. The topological polar surface area (TPSA) is 57.6 Å². The predicted molar refractivity (Wildman–Crippen MR) is 63.6 cm³/mol. The number of rotatable bonds is 3. The zero-order valence-electron chi connectivity index (χ0n) is 10.2. The monoisotopic (exact) mass is 239 g/mol. The number of carboxylic acid groups (broad SMARTS) is 1. The number of likely N-dealkylation sites (tertiary alicyclic amines) is 1. The summed E-state index contributed by atoms with van der Waals surface area (Å²) in [4.78, 5) is 24.4. The molecule has 4 nitrogen and oxygen atoms in total. The highest BCUT2D eigenvalue weighted by molar-refractivity contribution is 5.87. The van der Waals surface area contributed by atoms with E-state index in [1.54, 1.807) is 4.90 Å². The van der Waals surface area contributed by atoms with E-state index in [0.29, 0.717) is 25.3 Å². The Morgan fingerprint density at radius 3 is 2.41 bits per heavy atom. The number of nitrogens with zero attached hydrogens (tertiary/aromatic N) is 1. The number of carboxylic acids is 1. The van der Waals surface area contributed by atoms with E-state index >= 15 is 0 Å². The third-order valence-corrected chi connectivity index (χ3v) is 4.04. The third kappa shape index (κ3) is 2.99. The Bertz CT molecular complexity index is 295. The van der Waals surface area contributed by atoms with Gasteiger partial charge in [0.25, 0.3) is 0 Å². The maximum atomic E-state index is 11.7. The first-order valence-corrected chi connectivity index (χ1v) is 6.71. The highest BCUT2D eigenvalue weighted by atomic mass is 16.4. The molecular weight excluding hydrogens is 218 g/mol. The first kappa shape index (κ1) is 12.4. The van der Waals surface area contributed by atoms with Gasteiger partial charge in [-0.3, -0.25) is 4.79 Å². The highest BCUT2D eigenvalue weighted by Gasteiger charge is 2.36. The Hall–Kier alpha value is -1.06. The highest BCUT2D eigenvalue weighted by Crippen LogP contribution is 2.27. The van der Waals surface area contributed by atoms with E-state index in [9.17, 15) is 9.59 Å². The minimum absolute atomic E-state index is 0.0293. The van der Waals surface area contributed by atoms with Gasteiger partial charge in [0.2, 0.25) is 5.91 Å². The van der Waals surface area contributed by atoms with Crippen molar-refractivity contribution in [1.82, 2.24) is 4.90 Å². The Balaban J connectivity index is 1.95. The van der Waals surface area contributed by atoms with Crippen LogP contribution in [0.4, 0.5) is 0 Å². The molecule has 1 unspecified atom stereocenters. The number of amides is 1. The first-order valence-electron chi connectivity index (χ1n) is 6.71. The molecule has 0 radical (unpaired) electrons. The lowest BCUT2D eigenvalue weighted by atomic mass is 9.99. The predicted octanol–water partition coefficient (Wildman–Crippen LogP) is 2.03. The van der Waals surface area contributed by atoms with Crippen molar-refractivity contribution in [3.8, 4) is 0 Å². The molecule has 0 aromatic rings. The van der Waals surface area contributed by atoms with Gasteiger partial charge in [-0.25, -0.2) is 4.79 Å². The summed E-state index contributed by atoms with van der Waals surface area (Å²) in [6.07, 6.45) is 8.21. The average molecular weight is 239 g/mol. The second-order valence-corrected chi connectivity index (χ2v) is 5.30. The smallest absolute Gasteiger partial charge is 0.326 e. The van der Waals surface area contributed by atoms with E-state index in [2.05, 4.69) is 0 Å². The maximum Gasteiger partial charge on any atom is 0.326 e. The molecule has 1 aliphatic carbocycles. The van der Waals surface area contributed by atoms with Crippen LogP contribution in [0.5, 0.6) is 0 Å². The minimum atomic E-state index is -0.843. The summed E-state index contributed by atoms with van der Waals surface area (Å²) in [6, 6.07) is -0.564. The van der Waals surface area contributed by atoms with Crippen molar-refractivity contribution in [2.75, 3.05) is 6.54 Å². The zero-order valence-corrected chi connectivity index (χ0v) is 10.2. The number of carbonyl (C=O) groups is 2. The van der Waals surface area contributed by atoms with Gasteiger partial charge in [0.1, 0.15) is 6.04 Å². The van der Waals surface area contributed by atoms with Gasteiger partial charge in [0, 0.05) is 13.0 Å². The molecular formula is C13H21NO3. The van der Waals surface area contributed by atoms with Crippen molar-refractivity contribution < 1.29 is 14.7 Å². The van der Waals surface area contributed by atoms with Gasteiger partial charge in [-0.15, -0.1) is 0 Å². The van der Waals surface area contributed by atoms with Gasteiger partial charge in [-0.05, 0) is 25.2 Å². The van der Waals surface area contributed by atoms with Gasteiger partial charge in [0.05, 0.1) is 0 Å². The molecule has 1 amide bonds. The molecule has 0 spiro atoms. The van der Waals surface area contributed by atoms with Crippen molar-refractivity contribution in [1.29, 1.82) is 0 Å². The maximum absolute atomic E-state index is 11.7. The average Bonchev–Trinajstić information content (AvgIpc) is 2.52. The van der Waals surface area contributed by atoms with Crippen LogP contribution in [0.1, 0.15) is 51.4 Å². The molecule has 2 rings (SSSR count). The summed E-state index contributed by atoms with van der Waals surface area (Å²) in [5.74, 6) is -0.299. The van der Waals surface area contributed by atoms with Crippen molar-refractivity contribution >= 4 is 11.9 Å². The fourth-order valence-electron chi connectivity index (χ4n) is 3.04. The van der Waals surface area contributed by atoms with Crippen LogP contribution in [-0.4, -0.2) is 34.5 Å². The lowest BCUT2D eigenvalue weighted by Gasteiger charge is -2.26. The summed E-state index contributed by atoms with van der Waals surface area (Å²) in [5, 5.41) is 9.09. The normalized spacial score (nSPS) is 27.2. The lowest BCUT2D eigenvalue weighted by molar-refractivity contribution is -0.146. The molecule has 96 valence electrons. The van der Waals surface area contributed by atoms with Gasteiger partial charge in [-0.1, -0.05) is 25.7 Å². The molecule has 1 N–H and O–H groups in total. The SMILES string of the molecule is O=C(O)C1CCC(=O)N1CC1CCCCCC1.